The van der Waals surface area contributed by atoms with Crippen LogP contribution in [-0.4, -0.2) is 27.8 Å². The highest BCUT2D eigenvalue weighted by Crippen LogP contribution is 2.28. The maximum Gasteiger partial charge on any atom is 0.255 e. The molecule has 0 radical (unpaired) electrons. The molecular formula is C15H12ClN3OS2. The molecule has 22 heavy (non-hydrogen) atoms. The van der Waals surface area contributed by atoms with E-state index in [0.717, 1.165) is 15.6 Å². The lowest BCUT2D eigenvalue weighted by Crippen LogP contribution is -2.26. The zero-order valence-corrected chi connectivity index (χ0v) is 14.1. The number of carbonyl (C=O) groups is 1. The van der Waals surface area contributed by atoms with Gasteiger partial charge in [0, 0.05) is 24.8 Å². The minimum absolute atomic E-state index is 0.124. The fourth-order valence-electron chi connectivity index (χ4n) is 1.96. The molecule has 0 aliphatic rings. The lowest BCUT2D eigenvalue weighted by atomic mass is 10.2. The molecule has 0 spiro atoms. The van der Waals surface area contributed by atoms with Crippen molar-refractivity contribution in [2.24, 2.45) is 0 Å². The molecule has 0 aliphatic carbocycles. The van der Waals surface area contributed by atoms with E-state index in [2.05, 4.69) is 9.97 Å². The number of carbonyl (C=O) groups excluding carboxylic acids is 1. The van der Waals surface area contributed by atoms with Crippen LogP contribution in [0.2, 0.25) is 5.02 Å². The maximum atomic E-state index is 12.3. The highest BCUT2D eigenvalue weighted by molar-refractivity contribution is 7.20. The Morgan fingerprint density at radius 1 is 1.36 bits per heavy atom. The second kappa shape index (κ2) is 6.56. The fourth-order valence-corrected chi connectivity index (χ4v) is 3.76. The van der Waals surface area contributed by atoms with Gasteiger partial charge in [-0.1, -0.05) is 17.7 Å². The first-order chi connectivity index (χ1) is 10.6. The van der Waals surface area contributed by atoms with E-state index in [1.54, 1.807) is 40.7 Å². The third kappa shape index (κ3) is 3.35. The highest BCUT2D eigenvalue weighted by Gasteiger charge is 2.15. The minimum Gasteiger partial charge on any atom is -0.336 e. The van der Waals surface area contributed by atoms with E-state index < -0.39 is 0 Å². The number of hydrogen-bond acceptors (Lipinski definition) is 5. The van der Waals surface area contributed by atoms with Gasteiger partial charge in [-0.05, 0) is 17.5 Å². The molecule has 3 rings (SSSR count). The Hall–Kier alpha value is -1.76. The molecule has 0 aliphatic heterocycles. The largest absolute Gasteiger partial charge is 0.336 e. The summed E-state index contributed by atoms with van der Waals surface area (Å²) in [6.07, 6.45) is 3.02. The third-order valence-corrected chi connectivity index (χ3v) is 5.12. The summed E-state index contributed by atoms with van der Waals surface area (Å²) in [6.45, 7) is 0.452. The molecule has 3 aromatic heterocycles. The monoisotopic (exact) mass is 349 g/mol. The first-order valence-corrected chi connectivity index (χ1v) is 8.61. The average Bonchev–Trinajstić information content (AvgIpc) is 3.17. The van der Waals surface area contributed by atoms with Crippen LogP contribution in [0, 0.1) is 0 Å². The van der Waals surface area contributed by atoms with Gasteiger partial charge in [-0.25, -0.2) is 4.98 Å². The number of aromatic nitrogens is 2. The second-order valence-corrected chi connectivity index (χ2v) is 6.92. The summed E-state index contributed by atoms with van der Waals surface area (Å²) in [5.74, 6) is -0.124. The molecular weight excluding hydrogens is 338 g/mol. The number of rotatable bonds is 4. The Kier molecular flexibility index (Phi) is 4.52. The van der Waals surface area contributed by atoms with Gasteiger partial charge in [-0.15, -0.1) is 22.7 Å². The van der Waals surface area contributed by atoms with Crippen LogP contribution in [0.25, 0.3) is 9.88 Å². The maximum absolute atomic E-state index is 12.3. The molecule has 0 aromatic carbocycles. The van der Waals surface area contributed by atoms with Gasteiger partial charge >= 0.3 is 0 Å². The summed E-state index contributed by atoms with van der Waals surface area (Å²) in [6, 6.07) is 5.66. The van der Waals surface area contributed by atoms with Crippen LogP contribution in [0.1, 0.15) is 16.1 Å². The molecule has 0 saturated heterocycles. The van der Waals surface area contributed by atoms with Gasteiger partial charge in [-0.3, -0.25) is 9.78 Å². The quantitative estimate of drug-likeness (QED) is 0.709. The van der Waals surface area contributed by atoms with Gasteiger partial charge in [0.15, 0.2) is 0 Å². The Bertz CT molecular complexity index is 786. The Morgan fingerprint density at radius 2 is 2.23 bits per heavy atom. The number of pyridine rings is 1. The predicted octanol–water partition coefficient (Wildman–Crippen LogP) is 4.19. The van der Waals surface area contributed by atoms with Crippen molar-refractivity contribution in [2.75, 3.05) is 7.05 Å². The first-order valence-electron chi connectivity index (χ1n) is 6.48. The van der Waals surface area contributed by atoms with Crippen molar-refractivity contribution < 1.29 is 4.79 Å². The number of halogens is 1. The van der Waals surface area contributed by atoms with E-state index in [1.807, 2.05) is 22.9 Å². The molecule has 0 saturated carbocycles. The third-order valence-electron chi connectivity index (χ3n) is 2.98. The lowest BCUT2D eigenvalue weighted by molar-refractivity contribution is 0.0783. The Balaban J connectivity index is 1.71. The zero-order valence-electron chi connectivity index (χ0n) is 11.7. The minimum atomic E-state index is -0.124. The fraction of sp³-hybridized carbons (Fsp3) is 0.133. The van der Waals surface area contributed by atoms with Gasteiger partial charge in [0.2, 0.25) is 0 Å². The van der Waals surface area contributed by atoms with E-state index in [9.17, 15) is 4.79 Å². The summed E-state index contributed by atoms with van der Waals surface area (Å²) in [7, 11) is 1.74. The summed E-state index contributed by atoms with van der Waals surface area (Å²) in [5.41, 5.74) is 1.35. The van der Waals surface area contributed by atoms with Crippen molar-refractivity contribution in [3.05, 3.63) is 57.6 Å². The van der Waals surface area contributed by atoms with Crippen LogP contribution in [0.4, 0.5) is 0 Å². The first kappa shape index (κ1) is 15.1. The van der Waals surface area contributed by atoms with E-state index in [0.29, 0.717) is 17.1 Å². The van der Waals surface area contributed by atoms with Crippen LogP contribution >= 0.6 is 34.3 Å². The standard InChI is InChI=1S/C15H12ClN3OS2/c1-19(15(20)10-5-11(16)7-17-6-10)8-12-9-22-14(18-12)13-3-2-4-21-13/h2-7,9H,8H2,1H3. The van der Waals surface area contributed by atoms with Crippen LogP contribution in [0.5, 0.6) is 0 Å². The number of nitrogens with zero attached hydrogens (tertiary/aromatic N) is 3. The average molecular weight is 350 g/mol. The van der Waals surface area contributed by atoms with Crippen molar-refractivity contribution in [3.8, 4) is 9.88 Å². The molecule has 0 N–H and O–H groups in total. The molecule has 112 valence electrons. The molecule has 0 bridgehead atoms. The van der Waals surface area contributed by atoms with E-state index >= 15 is 0 Å². The molecule has 3 aromatic rings. The Morgan fingerprint density at radius 3 is 2.95 bits per heavy atom. The van der Waals surface area contributed by atoms with E-state index in [-0.39, 0.29) is 5.91 Å². The van der Waals surface area contributed by atoms with E-state index in [4.69, 9.17) is 11.6 Å². The smallest absolute Gasteiger partial charge is 0.255 e. The van der Waals surface area contributed by atoms with Gasteiger partial charge in [0.25, 0.3) is 5.91 Å². The zero-order chi connectivity index (χ0) is 15.5. The highest BCUT2D eigenvalue weighted by atomic mass is 35.5. The second-order valence-electron chi connectivity index (χ2n) is 4.67. The molecule has 0 atom stereocenters. The Labute approximate surface area is 141 Å². The van der Waals surface area contributed by atoms with Gasteiger partial charge < -0.3 is 4.90 Å². The molecule has 3 heterocycles. The SMILES string of the molecule is CN(Cc1csc(-c2cccs2)n1)C(=O)c1cncc(Cl)c1. The molecule has 1 amide bonds. The lowest BCUT2D eigenvalue weighted by Gasteiger charge is -2.15. The summed E-state index contributed by atoms with van der Waals surface area (Å²) in [5, 5.41) is 5.44. The number of thiophene rings is 1. The number of amides is 1. The molecule has 7 heteroatoms. The van der Waals surface area contributed by atoms with Crippen LogP contribution < -0.4 is 0 Å². The van der Waals surface area contributed by atoms with E-state index in [1.165, 1.54) is 12.4 Å². The molecule has 4 nitrogen and oxygen atoms in total. The van der Waals surface area contributed by atoms with Crippen molar-refractivity contribution in [1.29, 1.82) is 0 Å². The number of thiazole rings is 1. The van der Waals surface area contributed by atoms with Crippen molar-refractivity contribution in [1.82, 2.24) is 14.9 Å². The van der Waals surface area contributed by atoms with Crippen LogP contribution in [-0.2, 0) is 6.54 Å². The number of hydrogen-bond donors (Lipinski definition) is 0. The van der Waals surface area contributed by atoms with Gasteiger partial charge in [0.05, 0.1) is 27.7 Å². The molecule has 0 fully saturated rings. The molecule has 0 unspecified atom stereocenters. The van der Waals surface area contributed by atoms with Gasteiger partial charge in [-0.2, -0.15) is 0 Å². The predicted molar refractivity (Wildman–Crippen MR) is 90.5 cm³/mol. The van der Waals surface area contributed by atoms with Crippen molar-refractivity contribution in [3.63, 3.8) is 0 Å². The van der Waals surface area contributed by atoms with Crippen LogP contribution in [0.3, 0.4) is 0 Å². The topological polar surface area (TPSA) is 46.1 Å². The van der Waals surface area contributed by atoms with Crippen LogP contribution in [0.15, 0.2) is 41.4 Å². The van der Waals surface area contributed by atoms with Gasteiger partial charge in [0.1, 0.15) is 5.01 Å². The normalized spacial score (nSPS) is 10.6. The van der Waals surface area contributed by atoms with Crippen molar-refractivity contribution >= 4 is 40.2 Å². The summed E-state index contributed by atoms with van der Waals surface area (Å²) >= 11 is 9.12. The summed E-state index contributed by atoms with van der Waals surface area (Å²) in [4.78, 5) is 23.6. The van der Waals surface area contributed by atoms with Crippen molar-refractivity contribution in [2.45, 2.75) is 6.54 Å². The summed E-state index contributed by atoms with van der Waals surface area (Å²) < 4.78 is 0.